The van der Waals surface area contributed by atoms with E-state index < -0.39 is 0 Å². The second-order valence-electron chi connectivity index (χ2n) is 6.87. The standard InChI is InChI=1S/C21H35N3O3.HI/c1-4-22-21(24(2)13-9-18-10-14-26-15-11-18)23-12-16-27-17-19-7-5-6-8-20(19)25-3;/h5-8,18H,4,9-17H2,1-3H3,(H,22,23);1H. The molecule has 2 rings (SSSR count). The maximum atomic E-state index is 5.78. The molecule has 7 heteroatoms. The van der Waals surface area contributed by atoms with E-state index in [-0.39, 0.29) is 24.0 Å². The summed E-state index contributed by atoms with van der Waals surface area (Å²) in [4.78, 5) is 6.92. The fourth-order valence-corrected chi connectivity index (χ4v) is 3.21. The summed E-state index contributed by atoms with van der Waals surface area (Å²) in [6.07, 6.45) is 3.55. The molecule has 0 saturated carbocycles. The number of guanidine groups is 1. The first-order chi connectivity index (χ1) is 13.2. The summed E-state index contributed by atoms with van der Waals surface area (Å²) in [6.45, 7) is 7.55. The predicted molar refractivity (Wildman–Crippen MR) is 125 cm³/mol. The van der Waals surface area contributed by atoms with Crippen LogP contribution >= 0.6 is 24.0 Å². The molecular formula is C21H36IN3O3. The normalized spacial score (nSPS) is 15.0. The molecule has 1 fully saturated rings. The number of ether oxygens (including phenoxy) is 3. The van der Waals surface area contributed by atoms with Crippen LogP contribution in [0, 0.1) is 5.92 Å². The van der Waals surface area contributed by atoms with Gasteiger partial charge in [0.05, 0.1) is 26.9 Å². The van der Waals surface area contributed by atoms with E-state index >= 15 is 0 Å². The lowest BCUT2D eigenvalue weighted by atomic mass is 9.96. The Morgan fingerprint density at radius 1 is 1.29 bits per heavy atom. The molecule has 1 heterocycles. The lowest BCUT2D eigenvalue weighted by Crippen LogP contribution is -2.40. The van der Waals surface area contributed by atoms with Crippen molar-refractivity contribution in [2.75, 3.05) is 53.6 Å². The molecule has 0 bridgehead atoms. The second kappa shape index (κ2) is 14.9. The van der Waals surface area contributed by atoms with Crippen molar-refractivity contribution in [1.29, 1.82) is 0 Å². The van der Waals surface area contributed by atoms with E-state index in [9.17, 15) is 0 Å². The third-order valence-corrected chi connectivity index (χ3v) is 4.86. The zero-order valence-electron chi connectivity index (χ0n) is 17.5. The van der Waals surface area contributed by atoms with Crippen molar-refractivity contribution < 1.29 is 14.2 Å². The first-order valence-electron chi connectivity index (χ1n) is 10.0. The summed E-state index contributed by atoms with van der Waals surface area (Å²) in [5.74, 6) is 2.58. The van der Waals surface area contributed by atoms with Crippen LogP contribution in [0.2, 0.25) is 0 Å². The molecule has 1 aromatic rings. The third-order valence-electron chi connectivity index (χ3n) is 4.86. The first-order valence-corrected chi connectivity index (χ1v) is 10.0. The third kappa shape index (κ3) is 8.96. The molecule has 0 unspecified atom stereocenters. The van der Waals surface area contributed by atoms with Gasteiger partial charge in [0.1, 0.15) is 5.75 Å². The smallest absolute Gasteiger partial charge is 0.193 e. The summed E-state index contributed by atoms with van der Waals surface area (Å²) >= 11 is 0. The van der Waals surface area contributed by atoms with Crippen molar-refractivity contribution in [3.63, 3.8) is 0 Å². The zero-order chi connectivity index (χ0) is 19.3. The van der Waals surface area contributed by atoms with Gasteiger partial charge in [0.15, 0.2) is 5.96 Å². The Morgan fingerprint density at radius 2 is 2.04 bits per heavy atom. The lowest BCUT2D eigenvalue weighted by molar-refractivity contribution is 0.0625. The van der Waals surface area contributed by atoms with E-state index in [4.69, 9.17) is 19.2 Å². The second-order valence-corrected chi connectivity index (χ2v) is 6.87. The van der Waals surface area contributed by atoms with Crippen molar-refractivity contribution in [3.05, 3.63) is 29.8 Å². The molecule has 6 nitrogen and oxygen atoms in total. The van der Waals surface area contributed by atoms with Gasteiger partial charge in [-0.25, -0.2) is 0 Å². The van der Waals surface area contributed by atoms with Crippen LogP contribution < -0.4 is 10.1 Å². The molecule has 0 radical (unpaired) electrons. The van der Waals surface area contributed by atoms with E-state index in [1.807, 2.05) is 24.3 Å². The first kappa shape index (κ1) is 25.0. The largest absolute Gasteiger partial charge is 0.496 e. The van der Waals surface area contributed by atoms with E-state index in [1.54, 1.807) is 7.11 Å². The number of halogens is 1. The van der Waals surface area contributed by atoms with Gasteiger partial charge in [0, 0.05) is 38.9 Å². The molecule has 0 aliphatic carbocycles. The zero-order valence-corrected chi connectivity index (χ0v) is 19.8. The molecule has 0 amide bonds. The number of rotatable bonds is 10. The van der Waals surface area contributed by atoms with Crippen LogP contribution in [-0.2, 0) is 16.1 Å². The summed E-state index contributed by atoms with van der Waals surface area (Å²) in [6, 6.07) is 7.94. The van der Waals surface area contributed by atoms with Crippen molar-refractivity contribution in [2.24, 2.45) is 10.9 Å². The SMILES string of the molecule is CCNC(=NCCOCc1ccccc1OC)N(C)CCC1CCOCC1.I. The van der Waals surface area contributed by atoms with Gasteiger partial charge in [0.2, 0.25) is 0 Å². The van der Waals surface area contributed by atoms with Gasteiger partial charge in [0.25, 0.3) is 0 Å². The topological polar surface area (TPSA) is 55.3 Å². The molecule has 0 atom stereocenters. The number of methoxy groups -OCH3 is 1. The van der Waals surface area contributed by atoms with Gasteiger partial charge in [-0.1, -0.05) is 18.2 Å². The number of benzene rings is 1. The summed E-state index contributed by atoms with van der Waals surface area (Å²) in [5, 5.41) is 3.37. The highest BCUT2D eigenvalue weighted by Gasteiger charge is 2.15. The molecule has 1 aromatic carbocycles. The fraction of sp³-hybridized carbons (Fsp3) is 0.667. The molecule has 0 aromatic heterocycles. The molecule has 1 aliphatic rings. The minimum Gasteiger partial charge on any atom is -0.496 e. The highest BCUT2D eigenvalue weighted by molar-refractivity contribution is 14.0. The quantitative estimate of drug-likeness (QED) is 0.228. The Bertz CT molecular complexity index is 566. The summed E-state index contributed by atoms with van der Waals surface area (Å²) in [5.41, 5.74) is 1.06. The average Bonchev–Trinajstić information content (AvgIpc) is 2.72. The van der Waals surface area contributed by atoms with Crippen molar-refractivity contribution in [2.45, 2.75) is 32.8 Å². The Morgan fingerprint density at radius 3 is 2.75 bits per heavy atom. The molecule has 1 saturated heterocycles. The Hall–Kier alpha value is -1.06. The van der Waals surface area contributed by atoms with Crippen LogP contribution in [0.1, 0.15) is 31.7 Å². The van der Waals surface area contributed by atoms with Crippen molar-refractivity contribution in [1.82, 2.24) is 10.2 Å². The van der Waals surface area contributed by atoms with Crippen LogP contribution in [0.5, 0.6) is 5.75 Å². The molecule has 1 aliphatic heterocycles. The van der Waals surface area contributed by atoms with Gasteiger partial charge in [-0.2, -0.15) is 0 Å². The minimum absolute atomic E-state index is 0. The Kier molecular flexibility index (Phi) is 13.3. The maximum absolute atomic E-state index is 5.78. The number of nitrogens with zero attached hydrogens (tertiary/aromatic N) is 2. The summed E-state index contributed by atoms with van der Waals surface area (Å²) in [7, 11) is 3.79. The monoisotopic (exact) mass is 505 g/mol. The number of para-hydroxylation sites is 1. The molecule has 28 heavy (non-hydrogen) atoms. The number of hydrogen-bond acceptors (Lipinski definition) is 4. The van der Waals surface area contributed by atoms with Crippen molar-refractivity contribution in [3.8, 4) is 5.75 Å². The number of nitrogens with one attached hydrogen (secondary N) is 1. The van der Waals surface area contributed by atoms with Crippen LogP contribution in [-0.4, -0.2) is 64.5 Å². The highest BCUT2D eigenvalue weighted by Crippen LogP contribution is 2.19. The highest BCUT2D eigenvalue weighted by atomic mass is 127. The van der Waals surface area contributed by atoms with E-state index in [1.165, 1.54) is 19.3 Å². The summed E-state index contributed by atoms with van der Waals surface area (Å²) < 4.78 is 16.6. The Labute approximate surface area is 187 Å². The average molecular weight is 505 g/mol. The van der Waals surface area contributed by atoms with Gasteiger partial charge < -0.3 is 24.4 Å². The predicted octanol–water partition coefficient (Wildman–Crippen LogP) is 3.54. The van der Waals surface area contributed by atoms with Gasteiger partial charge >= 0.3 is 0 Å². The van der Waals surface area contributed by atoms with Crippen LogP contribution in [0.15, 0.2) is 29.3 Å². The number of aliphatic imine (C=N–C) groups is 1. The van der Waals surface area contributed by atoms with Gasteiger partial charge in [-0.15, -0.1) is 24.0 Å². The van der Waals surface area contributed by atoms with Crippen LogP contribution in [0.3, 0.4) is 0 Å². The maximum Gasteiger partial charge on any atom is 0.193 e. The number of hydrogen-bond donors (Lipinski definition) is 1. The fourth-order valence-electron chi connectivity index (χ4n) is 3.21. The molecule has 160 valence electrons. The molecule has 1 N–H and O–H groups in total. The van der Waals surface area contributed by atoms with E-state index in [2.05, 4.69) is 24.2 Å². The van der Waals surface area contributed by atoms with E-state index in [0.717, 1.165) is 49.5 Å². The van der Waals surface area contributed by atoms with E-state index in [0.29, 0.717) is 19.8 Å². The Balaban J connectivity index is 0.00000392. The van der Waals surface area contributed by atoms with Gasteiger partial charge in [-0.3, -0.25) is 4.99 Å². The lowest BCUT2D eigenvalue weighted by Gasteiger charge is -2.26. The van der Waals surface area contributed by atoms with Crippen LogP contribution in [0.4, 0.5) is 0 Å². The minimum atomic E-state index is 0. The van der Waals surface area contributed by atoms with Crippen LogP contribution in [0.25, 0.3) is 0 Å². The molecular weight excluding hydrogens is 469 g/mol. The van der Waals surface area contributed by atoms with Gasteiger partial charge in [-0.05, 0) is 38.2 Å². The molecule has 0 spiro atoms. The van der Waals surface area contributed by atoms with Crippen molar-refractivity contribution >= 4 is 29.9 Å².